The number of carbonyl (C=O) groups is 1. The van der Waals surface area contributed by atoms with Crippen LogP contribution in [0.5, 0.6) is 0 Å². The normalized spacial score (nSPS) is 34.5. The molecule has 90 valence electrons. The lowest BCUT2D eigenvalue weighted by molar-refractivity contribution is -0.126. The zero-order chi connectivity index (χ0) is 11.6. The Morgan fingerprint density at radius 1 is 1.50 bits per heavy atom. The van der Waals surface area contributed by atoms with Gasteiger partial charge in [-0.25, -0.2) is 0 Å². The number of hydrogen-bond donors (Lipinski definition) is 0. The van der Waals surface area contributed by atoms with Crippen molar-refractivity contribution in [3.05, 3.63) is 11.6 Å². The second kappa shape index (κ2) is 4.68. The summed E-state index contributed by atoms with van der Waals surface area (Å²) in [6.45, 7) is 2.58. The quantitative estimate of drug-likeness (QED) is 0.691. The molecule has 2 atom stereocenters. The molecular weight excluding hydrogens is 204 g/mol. The highest BCUT2D eigenvalue weighted by atomic mass is 16.7. The van der Waals surface area contributed by atoms with Gasteiger partial charge in [-0.1, -0.05) is 12.5 Å². The van der Waals surface area contributed by atoms with E-state index in [0.29, 0.717) is 13.2 Å². The molecule has 2 aliphatic rings. The van der Waals surface area contributed by atoms with Gasteiger partial charge in [-0.15, -0.1) is 0 Å². The number of carbonyl (C=O) groups excluding carboxylic acids is 1. The summed E-state index contributed by atoms with van der Waals surface area (Å²) in [6.07, 6.45) is 6.88. The minimum absolute atomic E-state index is 0.0602. The first-order valence-electron chi connectivity index (χ1n) is 6.01. The van der Waals surface area contributed by atoms with Crippen molar-refractivity contribution in [3.8, 4) is 0 Å². The first-order valence-corrected chi connectivity index (χ1v) is 6.01. The molecule has 0 radical (unpaired) electrons. The molecule has 0 spiro atoms. The molecule has 0 saturated heterocycles. The zero-order valence-corrected chi connectivity index (χ0v) is 10.1. The summed E-state index contributed by atoms with van der Waals surface area (Å²) >= 11 is 0. The summed E-state index contributed by atoms with van der Waals surface area (Å²) in [4.78, 5) is 11.4. The Hall–Kier alpha value is -0.670. The first kappa shape index (κ1) is 11.8. The lowest BCUT2D eigenvalue weighted by Gasteiger charge is -2.45. The Morgan fingerprint density at radius 2 is 2.31 bits per heavy atom. The van der Waals surface area contributed by atoms with Gasteiger partial charge in [0, 0.05) is 18.9 Å². The third kappa shape index (κ3) is 2.06. The molecule has 0 aromatic heterocycles. The second-order valence-corrected chi connectivity index (χ2v) is 5.01. The lowest BCUT2D eigenvalue weighted by Crippen LogP contribution is -2.42. The van der Waals surface area contributed by atoms with E-state index in [1.165, 1.54) is 5.57 Å². The number of rotatable bonds is 3. The average molecular weight is 224 g/mol. The standard InChI is InChI=1S/C13H20O3/c1-13-7-6-11(14)8-10(13)4-3-5-12(13)16-9-15-2/h8,12H,3-7,9H2,1-2H3/t12-,13+/m1/s1. The number of methoxy groups -OCH3 is 1. The van der Waals surface area contributed by atoms with E-state index in [-0.39, 0.29) is 17.3 Å². The molecule has 2 rings (SSSR count). The highest BCUT2D eigenvalue weighted by Crippen LogP contribution is 2.47. The van der Waals surface area contributed by atoms with Crippen molar-refractivity contribution in [2.75, 3.05) is 13.9 Å². The van der Waals surface area contributed by atoms with Gasteiger partial charge in [-0.3, -0.25) is 4.79 Å². The summed E-state index contributed by atoms with van der Waals surface area (Å²) in [5.41, 5.74) is 1.35. The van der Waals surface area contributed by atoms with Crippen molar-refractivity contribution in [3.63, 3.8) is 0 Å². The van der Waals surface area contributed by atoms with Gasteiger partial charge in [0.25, 0.3) is 0 Å². The predicted molar refractivity (Wildman–Crippen MR) is 61.0 cm³/mol. The fourth-order valence-corrected chi connectivity index (χ4v) is 2.91. The molecule has 3 nitrogen and oxygen atoms in total. The smallest absolute Gasteiger partial charge is 0.155 e. The minimum atomic E-state index is 0.0602. The topological polar surface area (TPSA) is 35.5 Å². The van der Waals surface area contributed by atoms with Crippen LogP contribution >= 0.6 is 0 Å². The number of ketones is 1. The van der Waals surface area contributed by atoms with Gasteiger partial charge < -0.3 is 9.47 Å². The van der Waals surface area contributed by atoms with E-state index in [0.717, 1.165) is 25.7 Å². The van der Waals surface area contributed by atoms with Crippen LogP contribution in [0.25, 0.3) is 0 Å². The van der Waals surface area contributed by atoms with Gasteiger partial charge in [0.15, 0.2) is 5.78 Å². The highest BCUT2D eigenvalue weighted by molar-refractivity contribution is 5.91. The minimum Gasteiger partial charge on any atom is -0.359 e. The molecular formula is C13H20O3. The van der Waals surface area contributed by atoms with Crippen molar-refractivity contribution in [1.29, 1.82) is 0 Å². The molecule has 0 bridgehead atoms. The Kier molecular flexibility index (Phi) is 3.45. The summed E-state index contributed by atoms with van der Waals surface area (Å²) in [5, 5.41) is 0. The van der Waals surface area contributed by atoms with Crippen LogP contribution in [0.15, 0.2) is 11.6 Å². The van der Waals surface area contributed by atoms with Crippen LogP contribution in [0, 0.1) is 5.41 Å². The van der Waals surface area contributed by atoms with Gasteiger partial charge in [0.2, 0.25) is 0 Å². The van der Waals surface area contributed by atoms with Crippen LogP contribution in [-0.2, 0) is 14.3 Å². The fourth-order valence-electron chi connectivity index (χ4n) is 2.91. The molecule has 0 unspecified atom stereocenters. The van der Waals surface area contributed by atoms with E-state index in [2.05, 4.69) is 6.92 Å². The molecule has 16 heavy (non-hydrogen) atoms. The van der Waals surface area contributed by atoms with Gasteiger partial charge in [0.05, 0.1) is 6.10 Å². The SMILES string of the molecule is COCO[C@@H]1CCCC2=CC(=O)CC[C@@]21C. The maximum Gasteiger partial charge on any atom is 0.155 e. The van der Waals surface area contributed by atoms with E-state index < -0.39 is 0 Å². The van der Waals surface area contributed by atoms with Crippen LogP contribution in [0.4, 0.5) is 0 Å². The molecule has 0 aromatic carbocycles. The van der Waals surface area contributed by atoms with Crippen LogP contribution in [0.2, 0.25) is 0 Å². The van der Waals surface area contributed by atoms with Gasteiger partial charge in [0.1, 0.15) is 6.79 Å². The molecule has 1 fully saturated rings. The summed E-state index contributed by atoms with van der Waals surface area (Å²) < 4.78 is 10.7. The van der Waals surface area contributed by atoms with E-state index >= 15 is 0 Å². The van der Waals surface area contributed by atoms with Crippen molar-refractivity contribution < 1.29 is 14.3 Å². The van der Waals surface area contributed by atoms with E-state index in [1.807, 2.05) is 6.08 Å². The number of allylic oxidation sites excluding steroid dienone is 1. The summed E-state index contributed by atoms with van der Waals surface area (Å²) in [7, 11) is 1.65. The van der Waals surface area contributed by atoms with E-state index in [9.17, 15) is 4.79 Å². The molecule has 0 aromatic rings. The van der Waals surface area contributed by atoms with Crippen LogP contribution in [0.3, 0.4) is 0 Å². The van der Waals surface area contributed by atoms with Crippen molar-refractivity contribution in [1.82, 2.24) is 0 Å². The highest BCUT2D eigenvalue weighted by Gasteiger charge is 2.43. The van der Waals surface area contributed by atoms with E-state index in [1.54, 1.807) is 7.11 Å². The van der Waals surface area contributed by atoms with Crippen molar-refractivity contribution in [2.45, 2.75) is 45.1 Å². The summed E-state index contributed by atoms with van der Waals surface area (Å²) in [6, 6.07) is 0. The predicted octanol–water partition coefficient (Wildman–Crippen LogP) is 2.46. The Labute approximate surface area is 96.8 Å². The van der Waals surface area contributed by atoms with Crippen LogP contribution < -0.4 is 0 Å². The van der Waals surface area contributed by atoms with Gasteiger partial charge >= 0.3 is 0 Å². The zero-order valence-electron chi connectivity index (χ0n) is 10.1. The van der Waals surface area contributed by atoms with E-state index in [4.69, 9.17) is 9.47 Å². The number of hydrogen-bond acceptors (Lipinski definition) is 3. The summed E-state index contributed by atoms with van der Waals surface area (Å²) in [5.74, 6) is 0.278. The lowest BCUT2D eigenvalue weighted by atomic mass is 9.64. The van der Waals surface area contributed by atoms with Crippen LogP contribution in [0.1, 0.15) is 39.0 Å². The largest absolute Gasteiger partial charge is 0.359 e. The third-order valence-corrected chi connectivity index (χ3v) is 3.97. The fraction of sp³-hybridized carbons (Fsp3) is 0.769. The molecule has 0 amide bonds. The molecule has 0 heterocycles. The molecule has 0 aliphatic heterocycles. The molecule has 2 aliphatic carbocycles. The Balaban J connectivity index is 2.16. The second-order valence-electron chi connectivity index (χ2n) is 5.01. The van der Waals surface area contributed by atoms with Crippen molar-refractivity contribution in [2.24, 2.45) is 5.41 Å². The average Bonchev–Trinajstić information content (AvgIpc) is 2.27. The maximum absolute atomic E-state index is 11.4. The molecule has 3 heteroatoms. The van der Waals surface area contributed by atoms with Gasteiger partial charge in [-0.2, -0.15) is 0 Å². The Bertz CT molecular complexity index is 308. The maximum atomic E-state index is 11.4. The van der Waals surface area contributed by atoms with Crippen molar-refractivity contribution >= 4 is 5.78 Å². The monoisotopic (exact) mass is 224 g/mol. The number of fused-ring (bicyclic) bond motifs is 1. The first-order chi connectivity index (χ1) is 7.66. The molecule has 1 saturated carbocycles. The third-order valence-electron chi connectivity index (χ3n) is 3.97. The molecule has 0 N–H and O–H groups in total. The van der Waals surface area contributed by atoms with Gasteiger partial charge in [-0.05, 0) is 31.8 Å². The number of ether oxygens (including phenoxy) is 2. The Morgan fingerprint density at radius 3 is 3.06 bits per heavy atom. The van der Waals surface area contributed by atoms with Crippen LogP contribution in [-0.4, -0.2) is 25.8 Å².